The first-order valence-corrected chi connectivity index (χ1v) is 49.6. The molecule has 145 heavy (non-hydrogen) atoms. The van der Waals surface area contributed by atoms with Gasteiger partial charge in [0, 0.05) is 100 Å². The third-order valence-corrected chi connectivity index (χ3v) is 28.7. The zero-order chi connectivity index (χ0) is 96.7. The van der Waals surface area contributed by atoms with Crippen molar-refractivity contribution >= 4 is 128 Å². The molecule has 1 aliphatic carbocycles. The van der Waals surface area contributed by atoms with Crippen molar-refractivity contribution in [2.75, 3.05) is 14.7 Å². The Morgan fingerprint density at radius 3 is 0.862 bits per heavy atom. The third-order valence-electron chi connectivity index (χ3n) is 28.7. The molecule has 1 aliphatic rings. The Balaban J connectivity index is 0.000000114. The van der Waals surface area contributed by atoms with Gasteiger partial charge in [-0.2, -0.15) is 0 Å². The molecule has 26 aromatic rings. The number of hydrogen-bond acceptors (Lipinski definition) is 6. The van der Waals surface area contributed by atoms with Crippen LogP contribution in [-0.2, 0) is 5.41 Å². The molecule has 0 spiro atoms. The molecule has 0 saturated heterocycles. The fourth-order valence-electron chi connectivity index (χ4n) is 21.3. The van der Waals surface area contributed by atoms with Gasteiger partial charge in [-0.3, -0.25) is 0 Å². The second kappa shape index (κ2) is 38.0. The van der Waals surface area contributed by atoms with Gasteiger partial charge in [0.15, 0.2) is 0 Å². The average Bonchev–Trinajstić information content (AvgIpc) is 1.57. The minimum atomic E-state index is -0.0879. The quantitative estimate of drug-likeness (QED) is 0.0853. The molecule has 0 saturated carbocycles. The average molecular weight is 1860 g/mol. The van der Waals surface area contributed by atoms with Crippen LogP contribution in [0.25, 0.3) is 188 Å². The van der Waals surface area contributed by atoms with Gasteiger partial charge in [0.05, 0.1) is 0 Å². The van der Waals surface area contributed by atoms with E-state index in [0.29, 0.717) is 0 Å². The van der Waals surface area contributed by atoms with Crippen LogP contribution in [-0.4, -0.2) is 0 Å². The van der Waals surface area contributed by atoms with Crippen LogP contribution in [0.5, 0.6) is 0 Å². The Hall–Kier alpha value is -18.9. The first-order valence-electron chi connectivity index (χ1n) is 49.6. The molecule has 0 radical (unpaired) electrons. The van der Waals surface area contributed by atoms with E-state index < -0.39 is 0 Å². The summed E-state index contributed by atoms with van der Waals surface area (Å²) < 4.78 is 18.9. The first kappa shape index (κ1) is 87.6. The maximum Gasteiger partial charge on any atom is 0.143 e. The first-order chi connectivity index (χ1) is 71.6. The van der Waals surface area contributed by atoms with Crippen LogP contribution in [0.2, 0.25) is 0 Å². The monoisotopic (exact) mass is 1860 g/mol. The van der Waals surface area contributed by atoms with Crippen molar-refractivity contribution in [3.63, 3.8) is 0 Å². The molecule has 23 aromatic carbocycles. The summed E-state index contributed by atoms with van der Waals surface area (Å²) in [5.41, 5.74) is 41.9. The maximum absolute atomic E-state index is 6.38. The van der Waals surface area contributed by atoms with Crippen LogP contribution < -0.4 is 14.7 Å². The second-order valence-electron chi connectivity index (χ2n) is 37.7. The van der Waals surface area contributed by atoms with Crippen molar-refractivity contribution in [1.29, 1.82) is 0 Å². The smallest absolute Gasteiger partial charge is 0.143 e. The van der Waals surface area contributed by atoms with E-state index in [-0.39, 0.29) is 5.41 Å². The van der Waals surface area contributed by atoms with Crippen LogP contribution in [0, 0.1) is 0 Å². The van der Waals surface area contributed by atoms with Crippen molar-refractivity contribution in [1.82, 2.24) is 0 Å². The second-order valence-corrected chi connectivity index (χ2v) is 37.7. The molecule has 3 heterocycles. The van der Waals surface area contributed by atoms with Crippen molar-refractivity contribution in [3.8, 4) is 111 Å². The summed E-state index contributed by atoms with van der Waals surface area (Å²) in [5.74, 6) is 0. The summed E-state index contributed by atoms with van der Waals surface area (Å²) in [4.78, 5) is 7.06. The lowest BCUT2D eigenvalue weighted by Crippen LogP contribution is -2.16. The molecule has 0 N–H and O–H groups in total. The van der Waals surface area contributed by atoms with Gasteiger partial charge >= 0.3 is 0 Å². The van der Waals surface area contributed by atoms with E-state index in [9.17, 15) is 0 Å². The number of para-hydroxylation sites is 5. The molecule has 3 aromatic heterocycles. The third kappa shape index (κ3) is 17.0. The summed E-state index contributed by atoms with van der Waals surface area (Å²) in [5, 5.41) is 9.34. The molecule has 6 heteroatoms. The van der Waals surface area contributed by atoms with Gasteiger partial charge in [-0.1, -0.05) is 426 Å². The van der Waals surface area contributed by atoms with Gasteiger partial charge in [0.25, 0.3) is 0 Å². The van der Waals surface area contributed by atoms with Gasteiger partial charge in [-0.15, -0.1) is 0 Å². The topological polar surface area (TPSA) is 49.1 Å². The molecule has 0 amide bonds. The van der Waals surface area contributed by atoms with E-state index in [1.807, 2.05) is 36.4 Å². The lowest BCUT2D eigenvalue weighted by molar-refractivity contribution is 0.660. The van der Waals surface area contributed by atoms with E-state index in [1.165, 1.54) is 99.8 Å². The summed E-state index contributed by atoms with van der Waals surface area (Å²) in [6, 6.07) is 197. The highest BCUT2D eigenvalue weighted by molar-refractivity contribution is 6.12. The van der Waals surface area contributed by atoms with Crippen LogP contribution in [0.15, 0.2) is 565 Å². The number of fused-ring (bicyclic) bond motifs is 13. The van der Waals surface area contributed by atoms with Gasteiger partial charge in [0.2, 0.25) is 0 Å². The highest BCUT2D eigenvalue weighted by Gasteiger charge is 2.36. The van der Waals surface area contributed by atoms with Crippen LogP contribution >= 0.6 is 0 Å². The lowest BCUT2D eigenvalue weighted by atomic mass is 9.82. The zero-order valence-electron chi connectivity index (χ0n) is 80.1. The molecule has 27 rings (SSSR count). The number of furan rings is 3. The van der Waals surface area contributed by atoms with Crippen LogP contribution in [0.4, 0.5) is 51.2 Å². The predicted molar refractivity (Wildman–Crippen MR) is 609 cm³/mol. The van der Waals surface area contributed by atoms with Gasteiger partial charge in [0.1, 0.15) is 33.5 Å². The molecule has 6 nitrogen and oxygen atoms in total. The molecule has 0 aliphatic heterocycles. The van der Waals surface area contributed by atoms with E-state index >= 15 is 0 Å². The SMILES string of the molecule is CC1(C)c2ccccc2-c2ccc(N(c3ccc(-c4ccccc4)cc3)c3cccc(-c4ccc5oc6ccccc6c5c4)c3)cc21.c1ccc(-c2ccc(-c3ccc(N(c4ccc(-c5cccc6c5oc5ccccc56)cc4)c4cccc(-c5ccccc5)c4)cc3)cc2)cc1.c1ccc(-c2cccc(N(c3ccc(-c4cccc5ccccc45)cc3)c3ccc(-c4cccc5c4oc4ccccc45)cc3)c2)cc1. The number of anilines is 9. The van der Waals surface area contributed by atoms with Crippen LogP contribution in [0.3, 0.4) is 0 Å². The molecule has 0 fully saturated rings. The van der Waals surface area contributed by atoms with Crippen molar-refractivity contribution in [3.05, 3.63) is 563 Å². The molecule has 686 valence electrons. The van der Waals surface area contributed by atoms with E-state index in [0.717, 1.165) is 150 Å². The van der Waals surface area contributed by atoms with Crippen molar-refractivity contribution in [2.24, 2.45) is 0 Å². The molecular formula is C139H97N3O3. The van der Waals surface area contributed by atoms with Gasteiger partial charge in [-0.05, 0) is 262 Å². The Morgan fingerprint density at radius 1 is 0.145 bits per heavy atom. The van der Waals surface area contributed by atoms with E-state index in [4.69, 9.17) is 13.3 Å². The minimum absolute atomic E-state index is 0.0879. The molecular weight excluding hydrogens is 1760 g/mol. The predicted octanol–water partition coefficient (Wildman–Crippen LogP) is 39.6. The summed E-state index contributed by atoms with van der Waals surface area (Å²) in [7, 11) is 0. The number of hydrogen-bond donors (Lipinski definition) is 0. The fourth-order valence-corrected chi connectivity index (χ4v) is 21.3. The number of nitrogens with zero attached hydrogens (tertiary/aromatic N) is 3. The molecule has 0 bridgehead atoms. The van der Waals surface area contributed by atoms with Gasteiger partial charge in [-0.25, -0.2) is 0 Å². The summed E-state index contributed by atoms with van der Waals surface area (Å²) in [6.45, 7) is 4.69. The minimum Gasteiger partial charge on any atom is -0.456 e. The number of rotatable bonds is 18. The fraction of sp³-hybridized carbons (Fsp3) is 0.0216. The maximum atomic E-state index is 6.38. The van der Waals surface area contributed by atoms with Crippen molar-refractivity contribution < 1.29 is 13.3 Å². The Morgan fingerprint density at radius 2 is 0.407 bits per heavy atom. The summed E-state index contributed by atoms with van der Waals surface area (Å²) >= 11 is 0. The Bertz CT molecular complexity index is 9230. The van der Waals surface area contributed by atoms with Crippen molar-refractivity contribution in [2.45, 2.75) is 19.3 Å². The Kier molecular flexibility index (Phi) is 23.0. The normalized spacial score (nSPS) is 11.8. The summed E-state index contributed by atoms with van der Waals surface area (Å²) in [6.07, 6.45) is 0. The molecule has 0 unspecified atom stereocenters. The van der Waals surface area contributed by atoms with Crippen LogP contribution in [0.1, 0.15) is 25.0 Å². The van der Waals surface area contributed by atoms with E-state index in [2.05, 4.69) is 544 Å². The van der Waals surface area contributed by atoms with Gasteiger partial charge < -0.3 is 28.0 Å². The highest BCUT2D eigenvalue weighted by Crippen LogP contribution is 2.53. The van der Waals surface area contributed by atoms with E-state index in [1.54, 1.807) is 0 Å². The zero-order valence-corrected chi connectivity index (χ0v) is 80.1. The Labute approximate surface area is 843 Å². The standard InChI is InChI=1S/C48H33NO.C46H31NO.C45H33NO/c1-3-11-34(12-4-1)36-21-23-37(24-22-36)38-25-29-41(30-26-38)49(43-16-9-15-40(33-43)35-13-5-2-6-14-35)42-31-27-39(28-32-42)44-18-10-19-46-45-17-7-8-20-47(45)50-48(44)46;1-2-11-32(12-3-1)36-15-8-16-39(31-36)47(37-27-23-34(24-28-37)41-19-9-14-33-13-4-5-17-40(33)41)38-29-25-35(26-30-38)42-20-10-21-44-43-18-6-7-22-45(43)48-46(42)44;1-45(2)41-17-8-6-15-37(41)38-25-24-36(29-42(38)45)46(34-22-19-31(20-23-34)30-11-4-3-5-12-30)35-14-10-13-32(27-35)33-21-26-44-40(28-33)39-16-7-9-18-43(39)47-44/h1-33H;1-31H;3-29H,1-2H3. The lowest BCUT2D eigenvalue weighted by Gasteiger charge is -2.28. The molecule has 0 atom stereocenters. The number of benzene rings is 23. The highest BCUT2D eigenvalue weighted by atomic mass is 16.3. The largest absolute Gasteiger partial charge is 0.456 e.